The number of rotatable bonds is 14. The van der Waals surface area contributed by atoms with Gasteiger partial charge in [-0.15, -0.1) is 12.4 Å². The maximum absolute atomic E-state index is 6.05. The lowest BCUT2D eigenvalue weighted by Gasteiger charge is -2.25. The highest BCUT2D eigenvalue weighted by Gasteiger charge is 2.24. The largest absolute Gasteiger partial charge is 0.497 e. The van der Waals surface area contributed by atoms with Crippen LogP contribution in [0.25, 0.3) is 22.3 Å². The molecule has 6 nitrogen and oxygen atoms in total. The third kappa shape index (κ3) is 11.2. The Morgan fingerprint density at radius 2 is 0.769 bits per heavy atom. The van der Waals surface area contributed by atoms with Gasteiger partial charge < -0.3 is 18.9 Å². The highest BCUT2D eigenvalue weighted by molar-refractivity contribution is 6.02. The monoisotopic (exact) mass is 886 g/mol. The van der Waals surface area contributed by atoms with Crippen LogP contribution in [-0.4, -0.2) is 76.5 Å². The minimum atomic E-state index is 0. The lowest BCUT2D eigenvalue weighted by Crippen LogP contribution is -2.25. The lowest BCUT2D eigenvalue weighted by molar-refractivity contribution is 0.237. The van der Waals surface area contributed by atoms with E-state index in [1.165, 1.54) is 119 Å². The highest BCUT2D eigenvalue weighted by atomic mass is 35.5. The van der Waals surface area contributed by atoms with Gasteiger partial charge in [0.25, 0.3) is 0 Å². The Morgan fingerprint density at radius 3 is 1.14 bits per heavy atom. The van der Waals surface area contributed by atoms with Gasteiger partial charge in [0.2, 0.25) is 0 Å². The summed E-state index contributed by atoms with van der Waals surface area (Å²) in [6.07, 6.45) is 9.38. The minimum Gasteiger partial charge on any atom is -0.497 e. The third-order valence-corrected chi connectivity index (χ3v) is 13.3. The van der Waals surface area contributed by atoms with Crippen LogP contribution in [0.15, 0.2) is 146 Å². The quantitative estimate of drug-likeness (QED) is 0.109. The van der Waals surface area contributed by atoms with Gasteiger partial charge >= 0.3 is 0 Å². The summed E-state index contributed by atoms with van der Waals surface area (Å²) in [5.41, 5.74) is 15.9. The number of allylic oxidation sites excluding steroid dienone is 2. The maximum atomic E-state index is 6.05. The molecule has 0 bridgehead atoms. The summed E-state index contributed by atoms with van der Waals surface area (Å²) in [7, 11) is 3.47. The fourth-order valence-electron chi connectivity index (χ4n) is 9.94. The number of aryl methyl sites for hydroxylation is 2. The van der Waals surface area contributed by atoms with E-state index in [0.29, 0.717) is 0 Å². The normalized spacial score (nSPS) is 15.9. The van der Waals surface area contributed by atoms with Crippen LogP contribution >= 0.6 is 12.4 Å². The number of fused-ring (bicyclic) bond motifs is 2. The molecule has 2 fully saturated rings. The van der Waals surface area contributed by atoms with Crippen molar-refractivity contribution in [3.05, 3.63) is 190 Å². The number of ether oxygens (including phenoxy) is 4. The van der Waals surface area contributed by atoms with Crippen LogP contribution in [0.4, 0.5) is 0 Å². The van der Waals surface area contributed by atoms with Gasteiger partial charge in [-0.25, -0.2) is 0 Å². The molecule has 65 heavy (non-hydrogen) atoms. The number of benzene rings is 6. The summed E-state index contributed by atoms with van der Waals surface area (Å²) in [6, 6.07) is 51.8. The van der Waals surface area contributed by atoms with Gasteiger partial charge in [0, 0.05) is 13.1 Å². The zero-order chi connectivity index (χ0) is 43.5. The zero-order valence-corrected chi connectivity index (χ0v) is 38.9. The van der Waals surface area contributed by atoms with Crippen molar-refractivity contribution < 1.29 is 18.9 Å². The first-order valence-electron chi connectivity index (χ1n) is 23.5. The van der Waals surface area contributed by atoms with Crippen LogP contribution in [0, 0.1) is 0 Å². The molecular weight excluding hydrogens is 824 g/mol. The maximum Gasteiger partial charge on any atom is 0.119 e. The molecule has 0 amide bonds. The Hall–Kier alpha value is -5.79. The van der Waals surface area contributed by atoms with Crippen LogP contribution in [0.1, 0.15) is 83.0 Å². The molecule has 0 spiro atoms. The van der Waals surface area contributed by atoms with Crippen molar-refractivity contribution in [1.29, 1.82) is 0 Å². The summed E-state index contributed by atoms with van der Waals surface area (Å²) in [5, 5.41) is 0. The van der Waals surface area contributed by atoms with Crippen molar-refractivity contribution in [3.8, 4) is 23.0 Å². The van der Waals surface area contributed by atoms with Crippen molar-refractivity contribution in [1.82, 2.24) is 9.80 Å². The predicted octanol–water partition coefficient (Wildman–Crippen LogP) is 12.6. The molecule has 0 saturated carbocycles. The van der Waals surface area contributed by atoms with E-state index < -0.39 is 0 Å². The van der Waals surface area contributed by atoms with Gasteiger partial charge in [-0.3, -0.25) is 9.80 Å². The third-order valence-electron chi connectivity index (χ3n) is 13.3. The average Bonchev–Trinajstić information content (AvgIpc) is 4.10. The standard InChI is InChI=1S/2C29H31NO2.ClH/c2*1-31-26-14-16-28-24(21-26)11-15-27(22-7-3-2-4-8-22)29(28)23-9-12-25(13-10-23)32-20-19-30-17-5-6-18-30;/h2*2-4,7-10,12-14,16,21H,5-6,11,15,17-20H2,1H3;1H. The SMILES string of the molecule is COc1ccc2c(c1)CCC(c1ccccc1)=C2c1ccc(OCCN2CCCC2)cc1.COc1ccc2c(c1)CCC(c1ccccc1)=C2c1ccc(OCCN2CCCC2)cc1.Cl. The predicted molar refractivity (Wildman–Crippen MR) is 270 cm³/mol. The van der Waals surface area contributed by atoms with E-state index in [4.69, 9.17) is 18.9 Å². The molecule has 2 aliphatic heterocycles. The number of halogens is 1. The first-order valence-corrected chi connectivity index (χ1v) is 23.5. The van der Waals surface area contributed by atoms with E-state index in [0.717, 1.165) is 75.0 Å². The molecule has 0 aromatic heterocycles. The zero-order valence-electron chi connectivity index (χ0n) is 38.1. The van der Waals surface area contributed by atoms with E-state index in [-0.39, 0.29) is 12.4 Å². The fraction of sp³-hybridized carbons (Fsp3) is 0.310. The molecule has 0 atom stereocenters. The van der Waals surface area contributed by atoms with Crippen LogP contribution < -0.4 is 18.9 Å². The van der Waals surface area contributed by atoms with E-state index >= 15 is 0 Å². The van der Waals surface area contributed by atoms with Crippen LogP contribution in [0.5, 0.6) is 23.0 Å². The fourth-order valence-corrected chi connectivity index (χ4v) is 9.94. The van der Waals surface area contributed by atoms with Gasteiger partial charge in [-0.05, 0) is 193 Å². The Bertz CT molecular complexity index is 2350. The molecule has 6 aromatic carbocycles. The van der Waals surface area contributed by atoms with Gasteiger partial charge in [-0.1, -0.05) is 97.1 Å². The Balaban J connectivity index is 0.000000175. The van der Waals surface area contributed by atoms with Crippen molar-refractivity contribution in [2.24, 2.45) is 0 Å². The molecule has 336 valence electrons. The summed E-state index contributed by atoms with van der Waals surface area (Å²) < 4.78 is 23.1. The molecule has 0 unspecified atom stereocenters. The smallest absolute Gasteiger partial charge is 0.119 e. The molecule has 2 aliphatic carbocycles. The first-order chi connectivity index (χ1) is 31.6. The minimum absolute atomic E-state index is 0. The van der Waals surface area contributed by atoms with Crippen LogP contribution in [0.2, 0.25) is 0 Å². The molecule has 7 heteroatoms. The van der Waals surface area contributed by atoms with Crippen molar-refractivity contribution >= 4 is 34.7 Å². The van der Waals surface area contributed by atoms with Gasteiger partial charge in [-0.2, -0.15) is 0 Å². The molecule has 2 heterocycles. The Kier molecular flexibility index (Phi) is 15.8. The van der Waals surface area contributed by atoms with E-state index in [1.807, 2.05) is 0 Å². The summed E-state index contributed by atoms with van der Waals surface area (Å²) in [5.74, 6) is 3.74. The number of hydrogen-bond acceptors (Lipinski definition) is 6. The molecule has 0 N–H and O–H groups in total. The second-order valence-electron chi connectivity index (χ2n) is 17.3. The molecule has 2 saturated heterocycles. The van der Waals surface area contributed by atoms with Crippen molar-refractivity contribution in [2.75, 3.05) is 66.7 Å². The molecule has 6 aromatic rings. The van der Waals surface area contributed by atoms with Crippen molar-refractivity contribution in [2.45, 2.75) is 51.4 Å². The van der Waals surface area contributed by atoms with E-state index in [1.54, 1.807) is 14.2 Å². The summed E-state index contributed by atoms with van der Waals surface area (Å²) in [6.45, 7) is 8.37. The molecule has 10 rings (SSSR count). The van der Waals surface area contributed by atoms with E-state index in [9.17, 15) is 0 Å². The van der Waals surface area contributed by atoms with E-state index in [2.05, 4.69) is 155 Å². The van der Waals surface area contributed by atoms with Crippen molar-refractivity contribution in [3.63, 3.8) is 0 Å². The molecular formula is C58H63ClN2O4. The molecule has 4 aliphatic rings. The van der Waals surface area contributed by atoms with Gasteiger partial charge in [0.15, 0.2) is 0 Å². The summed E-state index contributed by atoms with van der Waals surface area (Å²) >= 11 is 0. The first kappa shape index (κ1) is 45.8. The Morgan fingerprint density at radius 1 is 0.400 bits per heavy atom. The number of nitrogens with zero attached hydrogens (tertiary/aromatic N) is 2. The Labute approximate surface area is 392 Å². The second-order valence-corrected chi connectivity index (χ2v) is 17.3. The number of likely N-dealkylation sites (tertiary alicyclic amines) is 2. The molecule has 0 radical (unpaired) electrons. The number of methoxy groups -OCH3 is 2. The second kappa shape index (κ2) is 22.4. The highest BCUT2D eigenvalue weighted by Crippen LogP contribution is 2.43. The topological polar surface area (TPSA) is 43.4 Å². The van der Waals surface area contributed by atoms with Gasteiger partial charge in [0.05, 0.1) is 14.2 Å². The van der Waals surface area contributed by atoms with Crippen LogP contribution in [-0.2, 0) is 12.8 Å². The summed E-state index contributed by atoms with van der Waals surface area (Å²) in [4.78, 5) is 4.97. The van der Waals surface area contributed by atoms with Gasteiger partial charge in [0.1, 0.15) is 36.2 Å². The number of hydrogen-bond donors (Lipinski definition) is 0. The van der Waals surface area contributed by atoms with Crippen LogP contribution in [0.3, 0.4) is 0 Å². The average molecular weight is 888 g/mol. The lowest BCUT2D eigenvalue weighted by atomic mass is 9.79.